The van der Waals surface area contributed by atoms with E-state index in [2.05, 4.69) is 52.3 Å². The maximum Gasteiger partial charge on any atom is 0.255 e. The van der Waals surface area contributed by atoms with Gasteiger partial charge in [0.1, 0.15) is 6.04 Å². The number of hydrogen-bond donors (Lipinski definition) is 3. The number of amides is 3. The van der Waals surface area contributed by atoms with Gasteiger partial charge >= 0.3 is 0 Å². The second-order valence-electron chi connectivity index (χ2n) is 9.63. The van der Waals surface area contributed by atoms with Crippen LogP contribution in [0, 0.1) is 5.92 Å². The number of hydrogen-bond acceptors (Lipinski definition) is 5. The first-order valence-electron chi connectivity index (χ1n) is 12.3. The standard InChI is InChI=1S/C27H32N4O3/c32-25-9-8-24(26(33)30-25)31-17-21-7-6-18(14-22(21)27(31)34)15-29-16-23(19-4-2-1-3-5-19)20-10-12-28-13-11-20/h1-7,14,20,23-24,28-29H,8-13,15-17H2,(H,30,32,33). The van der Waals surface area contributed by atoms with E-state index in [1.165, 1.54) is 18.4 Å². The van der Waals surface area contributed by atoms with Crippen LogP contribution in [0.15, 0.2) is 48.5 Å². The third kappa shape index (κ3) is 4.76. The van der Waals surface area contributed by atoms with E-state index in [1.54, 1.807) is 4.90 Å². The van der Waals surface area contributed by atoms with E-state index in [9.17, 15) is 14.4 Å². The van der Waals surface area contributed by atoms with E-state index < -0.39 is 6.04 Å². The molecule has 3 aliphatic heterocycles. The highest BCUT2D eigenvalue weighted by atomic mass is 16.2. The molecule has 5 rings (SSSR count). The Bertz CT molecular complexity index is 1060. The van der Waals surface area contributed by atoms with Crippen molar-refractivity contribution >= 4 is 17.7 Å². The van der Waals surface area contributed by atoms with Crippen LogP contribution in [-0.2, 0) is 22.7 Å². The van der Waals surface area contributed by atoms with Crippen LogP contribution in [0.25, 0.3) is 0 Å². The number of fused-ring (bicyclic) bond motifs is 1. The van der Waals surface area contributed by atoms with Gasteiger partial charge in [-0.25, -0.2) is 0 Å². The molecule has 3 N–H and O–H groups in total. The van der Waals surface area contributed by atoms with Crippen molar-refractivity contribution in [3.05, 3.63) is 70.8 Å². The predicted molar refractivity (Wildman–Crippen MR) is 129 cm³/mol. The van der Waals surface area contributed by atoms with Crippen LogP contribution < -0.4 is 16.0 Å². The summed E-state index contributed by atoms with van der Waals surface area (Å²) in [5.41, 5.74) is 4.05. The summed E-state index contributed by atoms with van der Waals surface area (Å²) in [6.45, 7) is 4.14. The van der Waals surface area contributed by atoms with E-state index in [0.29, 0.717) is 36.9 Å². The number of nitrogens with one attached hydrogen (secondary N) is 3. The number of piperidine rings is 2. The van der Waals surface area contributed by atoms with E-state index in [-0.39, 0.29) is 24.1 Å². The van der Waals surface area contributed by atoms with Crippen LogP contribution in [-0.4, -0.2) is 48.3 Å². The number of carbonyl (C=O) groups is 3. The maximum atomic E-state index is 13.1. The van der Waals surface area contributed by atoms with E-state index in [1.807, 2.05) is 12.1 Å². The molecule has 7 nitrogen and oxygen atoms in total. The lowest BCUT2D eigenvalue weighted by Gasteiger charge is -2.31. The molecular weight excluding hydrogens is 428 g/mol. The molecule has 2 fully saturated rings. The Morgan fingerprint density at radius 2 is 1.79 bits per heavy atom. The van der Waals surface area contributed by atoms with Crippen molar-refractivity contribution in [1.29, 1.82) is 0 Å². The van der Waals surface area contributed by atoms with Crippen LogP contribution in [0.5, 0.6) is 0 Å². The highest BCUT2D eigenvalue weighted by molar-refractivity contribution is 6.05. The van der Waals surface area contributed by atoms with Gasteiger partial charge < -0.3 is 15.5 Å². The minimum atomic E-state index is -0.573. The monoisotopic (exact) mass is 460 g/mol. The molecule has 2 aromatic carbocycles. The quantitative estimate of drug-likeness (QED) is 0.552. The lowest BCUT2D eigenvalue weighted by atomic mass is 9.80. The number of rotatable bonds is 7. The second kappa shape index (κ2) is 10.1. The molecule has 3 heterocycles. The van der Waals surface area contributed by atoms with E-state index in [4.69, 9.17) is 0 Å². The van der Waals surface area contributed by atoms with Gasteiger partial charge in [0.05, 0.1) is 0 Å². The van der Waals surface area contributed by atoms with Gasteiger partial charge in [0.15, 0.2) is 0 Å². The Morgan fingerprint density at radius 1 is 1.00 bits per heavy atom. The molecule has 2 saturated heterocycles. The fourth-order valence-corrected chi connectivity index (χ4v) is 5.59. The molecule has 2 unspecified atom stereocenters. The summed E-state index contributed by atoms with van der Waals surface area (Å²) in [4.78, 5) is 38.4. The summed E-state index contributed by atoms with van der Waals surface area (Å²) in [5.74, 6) is 0.353. The van der Waals surface area contributed by atoms with Crippen molar-refractivity contribution in [1.82, 2.24) is 20.9 Å². The molecular formula is C27H32N4O3. The second-order valence-corrected chi connectivity index (χ2v) is 9.63. The van der Waals surface area contributed by atoms with Gasteiger partial charge in [-0.05, 0) is 66.9 Å². The molecule has 3 amide bonds. The molecule has 0 aliphatic carbocycles. The summed E-state index contributed by atoms with van der Waals surface area (Å²) >= 11 is 0. The van der Waals surface area contributed by atoms with Crippen LogP contribution in [0.2, 0.25) is 0 Å². The van der Waals surface area contributed by atoms with Crippen molar-refractivity contribution in [2.75, 3.05) is 19.6 Å². The molecule has 3 aliphatic rings. The smallest absolute Gasteiger partial charge is 0.255 e. The Hall–Kier alpha value is -3.03. The normalized spacial score (nSPS) is 21.9. The number of nitrogens with zero attached hydrogens (tertiary/aromatic N) is 1. The van der Waals surface area contributed by atoms with E-state index >= 15 is 0 Å². The molecule has 0 spiro atoms. The van der Waals surface area contributed by atoms with Crippen molar-refractivity contribution in [2.45, 2.75) is 50.7 Å². The van der Waals surface area contributed by atoms with Crippen LogP contribution >= 0.6 is 0 Å². The number of carbonyl (C=O) groups excluding carboxylic acids is 3. The van der Waals surface area contributed by atoms with Crippen molar-refractivity contribution in [3.8, 4) is 0 Å². The molecule has 2 aromatic rings. The van der Waals surface area contributed by atoms with Crippen LogP contribution in [0.1, 0.15) is 58.6 Å². The highest BCUT2D eigenvalue weighted by Crippen LogP contribution is 2.31. The van der Waals surface area contributed by atoms with Gasteiger partial charge in [0, 0.05) is 31.6 Å². The number of imide groups is 1. The molecule has 7 heteroatoms. The van der Waals surface area contributed by atoms with Crippen LogP contribution in [0.4, 0.5) is 0 Å². The van der Waals surface area contributed by atoms with Gasteiger partial charge in [-0.2, -0.15) is 0 Å². The van der Waals surface area contributed by atoms with E-state index in [0.717, 1.165) is 30.8 Å². The zero-order valence-corrected chi connectivity index (χ0v) is 19.4. The lowest BCUT2D eigenvalue weighted by molar-refractivity contribution is -0.136. The van der Waals surface area contributed by atoms with Crippen molar-refractivity contribution in [2.24, 2.45) is 5.92 Å². The summed E-state index contributed by atoms with van der Waals surface area (Å²) in [5, 5.41) is 9.47. The maximum absolute atomic E-state index is 13.1. The van der Waals surface area contributed by atoms with Gasteiger partial charge in [-0.15, -0.1) is 0 Å². The summed E-state index contributed by atoms with van der Waals surface area (Å²) in [7, 11) is 0. The molecule has 34 heavy (non-hydrogen) atoms. The minimum absolute atomic E-state index is 0.122. The first kappa shape index (κ1) is 22.7. The minimum Gasteiger partial charge on any atom is -0.322 e. The third-order valence-electron chi connectivity index (χ3n) is 7.47. The van der Waals surface area contributed by atoms with Crippen LogP contribution in [0.3, 0.4) is 0 Å². The van der Waals surface area contributed by atoms with Gasteiger partial charge in [0.2, 0.25) is 11.8 Å². The molecule has 0 saturated carbocycles. The Kier molecular flexibility index (Phi) is 6.74. The Morgan fingerprint density at radius 3 is 2.56 bits per heavy atom. The van der Waals surface area contributed by atoms with Crippen molar-refractivity contribution in [3.63, 3.8) is 0 Å². The number of benzene rings is 2. The highest BCUT2D eigenvalue weighted by Gasteiger charge is 2.39. The summed E-state index contributed by atoms with van der Waals surface area (Å²) in [6, 6.07) is 16.2. The average Bonchev–Trinajstić information content (AvgIpc) is 3.18. The van der Waals surface area contributed by atoms with Gasteiger partial charge in [-0.1, -0.05) is 42.5 Å². The largest absolute Gasteiger partial charge is 0.322 e. The fourth-order valence-electron chi connectivity index (χ4n) is 5.59. The Balaban J connectivity index is 1.23. The Labute approximate surface area is 200 Å². The first-order valence-corrected chi connectivity index (χ1v) is 12.3. The molecule has 0 aromatic heterocycles. The first-order chi connectivity index (χ1) is 16.6. The predicted octanol–water partition coefficient (Wildman–Crippen LogP) is 2.32. The topological polar surface area (TPSA) is 90.5 Å². The fraction of sp³-hybridized carbons (Fsp3) is 0.444. The third-order valence-corrected chi connectivity index (χ3v) is 7.47. The molecule has 0 radical (unpaired) electrons. The SMILES string of the molecule is O=C1CCC(N2Cc3ccc(CNCC(c4ccccc4)C4CCNCC4)cc3C2=O)C(=O)N1. The zero-order chi connectivity index (χ0) is 23.5. The zero-order valence-electron chi connectivity index (χ0n) is 19.4. The molecule has 0 bridgehead atoms. The van der Waals surface area contributed by atoms with Gasteiger partial charge in [0.25, 0.3) is 5.91 Å². The average molecular weight is 461 g/mol. The lowest BCUT2D eigenvalue weighted by Crippen LogP contribution is -2.52. The summed E-state index contributed by atoms with van der Waals surface area (Å²) in [6.07, 6.45) is 3.03. The molecule has 2 atom stereocenters. The van der Waals surface area contributed by atoms with Gasteiger partial charge in [-0.3, -0.25) is 19.7 Å². The van der Waals surface area contributed by atoms with Crippen molar-refractivity contribution < 1.29 is 14.4 Å². The summed E-state index contributed by atoms with van der Waals surface area (Å²) < 4.78 is 0. The molecule has 178 valence electrons.